The second-order valence-electron chi connectivity index (χ2n) is 6.47. The first-order valence-corrected chi connectivity index (χ1v) is 9.22. The number of rotatable bonds is 7. The summed E-state index contributed by atoms with van der Waals surface area (Å²) >= 11 is 0. The van der Waals surface area contributed by atoms with Gasteiger partial charge in [-0.25, -0.2) is 9.97 Å². The minimum Gasteiger partial charge on any atom is -0.241 e. The van der Waals surface area contributed by atoms with Crippen molar-refractivity contribution in [1.29, 1.82) is 5.26 Å². The van der Waals surface area contributed by atoms with E-state index in [1.807, 2.05) is 36.7 Å². The number of nitriles is 1. The Labute approximate surface area is 155 Å². The summed E-state index contributed by atoms with van der Waals surface area (Å²) in [6.07, 6.45) is 9.72. The minimum absolute atomic E-state index is 0.678. The highest BCUT2D eigenvalue weighted by atomic mass is 14.9. The number of hydrogen-bond donors (Lipinski definition) is 0. The van der Waals surface area contributed by atoms with Gasteiger partial charge in [-0.3, -0.25) is 0 Å². The molecule has 3 rings (SSSR count). The van der Waals surface area contributed by atoms with Crippen LogP contribution >= 0.6 is 0 Å². The van der Waals surface area contributed by atoms with Crippen molar-refractivity contribution in [3.63, 3.8) is 0 Å². The van der Waals surface area contributed by atoms with Gasteiger partial charge in [-0.15, -0.1) is 0 Å². The number of unbranched alkanes of at least 4 members (excludes halogenated alkanes) is 3. The lowest BCUT2D eigenvalue weighted by Crippen LogP contribution is -1.95. The average molecular weight is 341 g/mol. The SMILES string of the molecule is CCCCCCc1ncc(-c2ccc(-c3ccc(C#N)cc3)cc2)cn1. The van der Waals surface area contributed by atoms with Crippen LogP contribution in [0, 0.1) is 11.3 Å². The monoisotopic (exact) mass is 341 g/mol. The third-order valence-electron chi connectivity index (χ3n) is 4.52. The summed E-state index contributed by atoms with van der Waals surface area (Å²) in [5, 5.41) is 8.89. The van der Waals surface area contributed by atoms with E-state index in [1.165, 1.54) is 19.3 Å². The fraction of sp³-hybridized carbons (Fsp3) is 0.261. The molecule has 0 aliphatic carbocycles. The lowest BCUT2D eigenvalue weighted by atomic mass is 10.0. The van der Waals surface area contributed by atoms with Crippen LogP contribution in [0.1, 0.15) is 44.0 Å². The summed E-state index contributed by atoms with van der Waals surface area (Å²) in [6.45, 7) is 2.22. The van der Waals surface area contributed by atoms with Crippen molar-refractivity contribution < 1.29 is 0 Å². The highest BCUT2D eigenvalue weighted by Gasteiger charge is 2.03. The van der Waals surface area contributed by atoms with Crippen molar-refractivity contribution in [3.05, 3.63) is 72.3 Å². The number of benzene rings is 2. The molecule has 0 atom stereocenters. The van der Waals surface area contributed by atoms with Crippen molar-refractivity contribution in [2.75, 3.05) is 0 Å². The van der Waals surface area contributed by atoms with Crippen LogP contribution in [0.25, 0.3) is 22.3 Å². The van der Waals surface area contributed by atoms with Crippen molar-refractivity contribution >= 4 is 0 Å². The third kappa shape index (κ3) is 4.55. The predicted octanol–water partition coefficient (Wildman–Crippen LogP) is 5.81. The summed E-state index contributed by atoms with van der Waals surface area (Å²) in [4.78, 5) is 9.02. The minimum atomic E-state index is 0.678. The molecule has 3 nitrogen and oxygen atoms in total. The molecule has 0 radical (unpaired) electrons. The van der Waals surface area contributed by atoms with Crippen LogP contribution in [-0.2, 0) is 6.42 Å². The molecule has 0 saturated carbocycles. The molecule has 0 amide bonds. The Balaban J connectivity index is 1.67. The van der Waals surface area contributed by atoms with E-state index in [2.05, 4.69) is 47.2 Å². The van der Waals surface area contributed by atoms with Gasteiger partial charge in [0.1, 0.15) is 5.82 Å². The van der Waals surface area contributed by atoms with Gasteiger partial charge in [-0.05, 0) is 35.2 Å². The smallest absolute Gasteiger partial charge is 0.128 e. The molecule has 2 aromatic carbocycles. The van der Waals surface area contributed by atoms with Crippen LogP contribution < -0.4 is 0 Å². The fourth-order valence-electron chi connectivity index (χ4n) is 2.94. The maximum absolute atomic E-state index is 8.89. The largest absolute Gasteiger partial charge is 0.241 e. The van der Waals surface area contributed by atoms with E-state index in [-0.39, 0.29) is 0 Å². The molecule has 26 heavy (non-hydrogen) atoms. The van der Waals surface area contributed by atoms with Crippen LogP contribution in [0.5, 0.6) is 0 Å². The summed E-state index contributed by atoms with van der Waals surface area (Å²) in [7, 11) is 0. The summed E-state index contributed by atoms with van der Waals surface area (Å²) in [5.41, 5.74) is 5.06. The highest BCUT2D eigenvalue weighted by Crippen LogP contribution is 2.24. The Morgan fingerprint density at radius 3 is 1.81 bits per heavy atom. The van der Waals surface area contributed by atoms with Gasteiger partial charge in [0.2, 0.25) is 0 Å². The van der Waals surface area contributed by atoms with E-state index in [9.17, 15) is 0 Å². The summed E-state index contributed by atoms with van der Waals surface area (Å²) in [5.74, 6) is 0.930. The second kappa shape index (κ2) is 8.92. The second-order valence-corrected chi connectivity index (χ2v) is 6.47. The van der Waals surface area contributed by atoms with E-state index in [0.29, 0.717) is 5.56 Å². The Morgan fingerprint density at radius 1 is 0.731 bits per heavy atom. The number of hydrogen-bond acceptors (Lipinski definition) is 3. The molecule has 0 saturated heterocycles. The van der Waals surface area contributed by atoms with Gasteiger partial charge in [-0.1, -0.05) is 62.6 Å². The van der Waals surface area contributed by atoms with Crippen LogP contribution in [0.15, 0.2) is 60.9 Å². The van der Waals surface area contributed by atoms with Gasteiger partial charge in [0.25, 0.3) is 0 Å². The first-order valence-electron chi connectivity index (χ1n) is 9.22. The quantitative estimate of drug-likeness (QED) is 0.510. The molecule has 1 heterocycles. The molecule has 0 N–H and O–H groups in total. The maximum atomic E-state index is 8.89. The Hall–Kier alpha value is -2.99. The lowest BCUT2D eigenvalue weighted by molar-refractivity contribution is 0.652. The van der Waals surface area contributed by atoms with E-state index >= 15 is 0 Å². The molecule has 0 aliphatic rings. The van der Waals surface area contributed by atoms with Gasteiger partial charge in [-0.2, -0.15) is 5.26 Å². The molecular weight excluding hydrogens is 318 g/mol. The Morgan fingerprint density at radius 2 is 1.27 bits per heavy atom. The zero-order valence-corrected chi connectivity index (χ0v) is 15.2. The molecular formula is C23H23N3. The van der Waals surface area contributed by atoms with Crippen molar-refractivity contribution in [2.24, 2.45) is 0 Å². The van der Waals surface area contributed by atoms with Crippen molar-refractivity contribution in [1.82, 2.24) is 9.97 Å². The van der Waals surface area contributed by atoms with Crippen LogP contribution in [0.2, 0.25) is 0 Å². The zero-order chi connectivity index (χ0) is 18.2. The van der Waals surface area contributed by atoms with Crippen LogP contribution in [0.3, 0.4) is 0 Å². The molecule has 1 aromatic heterocycles. The van der Waals surface area contributed by atoms with Crippen molar-refractivity contribution in [3.8, 4) is 28.3 Å². The first-order chi connectivity index (χ1) is 12.8. The summed E-state index contributed by atoms with van der Waals surface area (Å²) in [6, 6.07) is 18.2. The topological polar surface area (TPSA) is 49.6 Å². The third-order valence-corrected chi connectivity index (χ3v) is 4.52. The van der Waals surface area contributed by atoms with Gasteiger partial charge in [0.05, 0.1) is 11.6 Å². The van der Waals surface area contributed by atoms with E-state index < -0.39 is 0 Å². The first kappa shape index (κ1) is 17.8. The average Bonchev–Trinajstić information content (AvgIpc) is 2.72. The van der Waals surface area contributed by atoms with Gasteiger partial charge in [0, 0.05) is 24.4 Å². The van der Waals surface area contributed by atoms with Crippen LogP contribution in [-0.4, -0.2) is 9.97 Å². The molecule has 130 valence electrons. The Kier molecular flexibility index (Phi) is 6.11. The molecule has 3 aromatic rings. The Bertz CT molecular complexity index is 857. The van der Waals surface area contributed by atoms with E-state index in [4.69, 9.17) is 5.26 Å². The number of aromatic nitrogens is 2. The molecule has 3 heteroatoms. The van der Waals surface area contributed by atoms with Gasteiger partial charge in [0.15, 0.2) is 0 Å². The molecule has 0 aliphatic heterocycles. The van der Waals surface area contributed by atoms with E-state index in [0.717, 1.165) is 40.9 Å². The van der Waals surface area contributed by atoms with E-state index in [1.54, 1.807) is 0 Å². The number of aryl methyl sites for hydroxylation is 1. The molecule has 0 fully saturated rings. The van der Waals surface area contributed by atoms with Gasteiger partial charge >= 0.3 is 0 Å². The highest BCUT2D eigenvalue weighted by molar-refractivity contribution is 5.70. The fourth-order valence-corrected chi connectivity index (χ4v) is 2.94. The van der Waals surface area contributed by atoms with Gasteiger partial charge < -0.3 is 0 Å². The molecule has 0 bridgehead atoms. The summed E-state index contributed by atoms with van der Waals surface area (Å²) < 4.78 is 0. The zero-order valence-electron chi connectivity index (χ0n) is 15.2. The standard InChI is InChI=1S/C23H23N3/c1-2-3-4-5-6-23-25-16-22(17-26-23)21-13-11-20(12-14-21)19-9-7-18(15-24)8-10-19/h7-14,16-17H,2-6H2,1H3. The number of nitrogens with zero attached hydrogens (tertiary/aromatic N) is 3. The lowest BCUT2D eigenvalue weighted by Gasteiger charge is -2.06. The molecule has 0 spiro atoms. The predicted molar refractivity (Wildman–Crippen MR) is 105 cm³/mol. The van der Waals surface area contributed by atoms with Crippen molar-refractivity contribution in [2.45, 2.75) is 39.0 Å². The normalized spacial score (nSPS) is 10.5. The maximum Gasteiger partial charge on any atom is 0.128 e. The van der Waals surface area contributed by atoms with Crippen LogP contribution in [0.4, 0.5) is 0 Å². The molecule has 0 unspecified atom stereocenters.